The number of furan rings is 1. The molecule has 6 nitrogen and oxygen atoms in total. The van der Waals surface area contributed by atoms with Crippen LogP contribution in [0.5, 0.6) is 0 Å². The van der Waals surface area contributed by atoms with Crippen LogP contribution in [0.4, 0.5) is 0 Å². The maximum atomic E-state index is 13.2. The zero-order chi connectivity index (χ0) is 23.9. The van der Waals surface area contributed by atoms with Crippen LogP contribution in [0.15, 0.2) is 101 Å². The minimum Gasteiger partial charge on any atom is -0.507 e. The molecule has 0 radical (unpaired) electrons. The normalized spacial score (nSPS) is 17.6. The van der Waals surface area contributed by atoms with Crippen molar-refractivity contribution in [1.82, 2.24) is 9.88 Å². The summed E-state index contributed by atoms with van der Waals surface area (Å²) in [5.41, 5.74) is 2.59. The number of para-hydroxylation sites is 1. The zero-order valence-corrected chi connectivity index (χ0v) is 18.8. The van der Waals surface area contributed by atoms with Crippen molar-refractivity contribution in [1.29, 1.82) is 0 Å². The van der Waals surface area contributed by atoms with Crippen LogP contribution in [0.25, 0.3) is 27.4 Å². The van der Waals surface area contributed by atoms with E-state index in [4.69, 9.17) is 4.42 Å². The lowest BCUT2D eigenvalue weighted by molar-refractivity contribution is -0.140. The predicted molar refractivity (Wildman–Crippen MR) is 134 cm³/mol. The van der Waals surface area contributed by atoms with Gasteiger partial charge < -0.3 is 19.4 Å². The molecule has 1 fully saturated rings. The SMILES string of the molecule is O=C1C(=O)N(CCc2c[nH]c3ccccc23)C(c2ccco2)/C1=C(/O)c1ccc2ccccc2c1. The number of aliphatic hydroxyl groups is 1. The first-order chi connectivity index (χ1) is 17.1. The Morgan fingerprint density at radius 1 is 0.943 bits per heavy atom. The molecule has 0 spiro atoms. The first-order valence-electron chi connectivity index (χ1n) is 11.5. The van der Waals surface area contributed by atoms with E-state index in [1.807, 2.05) is 66.9 Å². The van der Waals surface area contributed by atoms with E-state index in [9.17, 15) is 14.7 Å². The number of amides is 1. The standard InChI is InChI=1S/C29H22N2O4/c32-27(20-12-11-18-6-1-2-7-19(18)16-20)25-26(24-10-5-15-35-24)31(29(34)28(25)33)14-13-21-17-30-23-9-4-3-8-22(21)23/h1-12,15-17,26,30,32H,13-14H2/b27-25-. The molecule has 1 aliphatic heterocycles. The Kier molecular flexibility index (Phi) is 4.99. The summed E-state index contributed by atoms with van der Waals surface area (Å²) in [4.78, 5) is 31.1. The van der Waals surface area contributed by atoms with Gasteiger partial charge in [0, 0.05) is 29.2 Å². The van der Waals surface area contributed by atoms with Gasteiger partial charge in [-0.25, -0.2) is 0 Å². The number of nitrogens with one attached hydrogen (secondary N) is 1. The topological polar surface area (TPSA) is 86.5 Å². The molecule has 3 aromatic carbocycles. The molecule has 6 heteroatoms. The third kappa shape index (κ3) is 3.51. The summed E-state index contributed by atoms with van der Waals surface area (Å²) in [7, 11) is 0. The fourth-order valence-electron chi connectivity index (χ4n) is 4.92. The number of Topliss-reactive ketones (excluding diaryl/α,β-unsaturated/α-hetero) is 1. The van der Waals surface area contributed by atoms with E-state index in [1.54, 1.807) is 18.2 Å². The number of aliphatic hydroxyl groups excluding tert-OH is 1. The highest BCUT2D eigenvalue weighted by Crippen LogP contribution is 2.40. The van der Waals surface area contributed by atoms with E-state index in [0.717, 1.165) is 27.2 Å². The number of fused-ring (bicyclic) bond motifs is 2. The van der Waals surface area contributed by atoms with Gasteiger partial charge in [0.05, 0.1) is 11.8 Å². The fraction of sp³-hybridized carbons (Fsp3) is 0.103. The molecule has 0 aliphatic carbocycles. The Labute approximate surface area is 201 Å². The van der Waals surface area contributed by atoms with Gasteiger partial charge in [0.2, 0.25) is 0 Å². The van der Waals surface area contributed by atoms with Crippen LogP contribution in [0, 0.1) is 0 Å². The van der Waals surface area contributed by atoms with Crippen molar-refractivity contribution in [2.24, 2.45) is 0 Å². The fourth-order valence-corrected chi connectivity index (χ4v) is 4.92. The second-order valence-corrected chi connectivity index (χ2v) is 8.68. The largest absolute Gasteiger partial charge is 0.507 e. The van der Waals surface area contributed by atoms with Gasteiger partial charge in [-0.2, -0.15) is 0 Å². The molecule has 6 rings (SSSR count). The Morgan fingerprint density at radius 2 is 1.74 bits per heavy atom. The minimum absolute atomic E-state index is 0.0409. The molecule has 1 saturated heterocycles. The molecule has 0 saturated carbocycles. The number of aromatic amines is 1. The highest BCUT2D eigenvalue weighted by molar-refractivity contribution is 6.46. The Morgan fingerprint density at radius 3 is 2.57 bits per heavy atom. The maximum absolute atomic E-state index is 13.2. The molecule has 172 valence electrons. The number of hydrogen-bond acceptors (Lipinski definition) is 4. The van der Waals surface area contributed by atoms with E-state index in [2.05, 4.69) is 4.98 Å². The molecule has 1 atom stereocenters. The predicted octanol–water partition coefficient (Wildman–Crippen LogP) is 5.58. The van der Waals surface area contributed by atoms with Crippen LogP contribution in [0.2, 0.25) is 0 Å². The minimum atomic E-state index is -0.804. The number of carbonyl (C=O) groups excluding carboxylic acids is 2. The molecule has 1 unspecified atom stereocenters. The van der Waals surface area contributed by atoms with E-state index in [1.165, 1.54) is 11.2 Å². The maximum Gasteiger partial charge on any atom is 0.295 e. The van der Waals surface area contributed by atoms with Crippen molar-refractivity contribution in [3.05, 3.63) is 114 Å². The van der Waals surface area contributed by atoms with Gasteiger partial charge >= 0.3 is 0 Å². The molecule has 5 aromatic rings. The van der Waals surface area contributed by atoms with Crippen LogP contribution in [0.3, 0.4) is 0 Å². The third-order valence-electron chi connectivity index (χ3n) is 6.67. The summed E-state index contributed by atoms with van der Waals surface area (Å²) in [6.45, 7) is 0.298. The number of benzene rings is 3. The number of rotatable bonds is 5. The second kappa shape index (κ2) is 8.33. The van der Waals surface area contributed by atoms with Crippen molar-refractivity contribution < 1.29 is 19.1 Å². The first kappa shape index (κ1) is 21.0. The number of aromatic nitrogens is 1. The molecule has 1 amide bonds. The number of hydrogen-bond donors (Lipinski definition) is 2. The lowest BCUT2D eigenvalue weighted by Gasteiger charge is -2.23. The van der Waals surface area contributed by atoms with Gasteiger partial charge in [-0.1, -0.05) is 54.6 Å². The van der Waals surface area contributed by atoms with Crippen molar-refractivity contribution in [2.45, 2.75) is 12.5 Å². The van der Waals surface area contributed by atoms with Gasteiger partial charge in [0.15, 0.2) is 0 Å². The van der Waals surface area contributed by atoms with Crippen LogP contribution < -0.4 is 0 Å². The van der Waals surface area contributed by atoms with Crippen LogP contribution in [-0.4, -0.2) is 33.2 Å². The van der Waals surface area contributed by atoms with Crippen molar-refractivity contribution in [2.75, 3.05) is 6.54 Å². The number of nitrogens with zero attached hydrogens (tertiary/aromatic N) is 1. The zero-order valence-electron chi connectivity index (χ0n) is 18.8. The summed E-state index contributed by atoms with van der Waals surface area (Å²) in [5, 5.41) is 14.3. The van der Waals surface area contributed by atoms with E-state index in [-0.39, 0.29) is 11.3 Å². The highest BCUT2D eigenvalue weighted by Gasteiger charge is 2.47. The van der Waals surface area contributed by atoms with Crippen molar-refractivity contribution >= 4 is 39.1 Å². The molecule has 1 aliphatic rings. The number of likely N-dealkylation sites (tertiary alicyclic amines) is 1. The number of ketones is 1. The summed E-state index contributed by atoms with van der Waals surface area (Å²) >= 11 is 0. The Bertz CT molecular complexity index is 1610. The monoisotopic (exact) mass is 462 g/mol. The molecule has 2 aromatic heterocycles. The van der Waals surface area contributed by atoms with E-state index < -0.39 is 17.7 Å². The van der Waals surface area contributed by atoms with Gasteiger partial charge in [-0.3, -0.25) is 9.59 Å². The second-order valence-electron chi connectivity index (χ2n) is 8.68. The average molecular weight is 463 g/mol. The van der Waals surface area contributed by atoms with Crippen LogP contribution in [0.1, 0.15) is 22.9 Å². The molecule has 35 heavy (non-hydrogen) atoms. The molecule has 3 heterocycles. The van der Waals surface area contributed by atoms with Gasteiger partial charge in [-0.15, -0.1) is 0 Å². The molecule has 0 bridgehead atoms. The lowest BCUT2D eigenvalue weighted by Crippen LogP contribution is -2.31. The highest BCUT2D eigenvalue weighted by atomic mass is 16.3. The number of H-pyrrole nitrogens is 1. The Balaban J connectivity index is 1.40. The van der Waals surface area contributed by atoms with Gasteiger partial charge in [-0.05, 0) is 47.0 Å². The quantitative estimate of drug-likeness (QED) is 0.203. The van der Waals surface area contributed by atoms with Crippen LogP contribution >= 0.6 is 0 Å². The van der Waals surface area contributed by atoms with Crippen molar-refractivity contribution in [3.8, 4) is 0 Å². The summed E-state index contributed by atoms with van der Waals surface area (Å²) in [6.07, 6.45) is 3.98. The van der Waals surface area contributed by atoms with Crippen molar-refractivity contribution in [3.63, 3.8) is 0 Å². The number of carbonyl (C=O) groups is 2. The molecular formula is C29H22N2O4. The van der Waals surface area contributed by atoms with Crippen LogP contribution in [-0.2, 0) is 16.0 Å². The lowest BCUT2D eigenvalue weighted by atomic mass is 9.97. The summed E-state index contributed by atoms with van der Waals surface area (Å²) in [6, 6.07) is 23.8. The summed E-state index contributed by atoms with van der Waals surface area (Å²) < 4.78 is 5.64. The van der Waals surface area contributed by atoms with E-state index in [0.29, 0.717) is 24.3 Å². The average Bonchev–Trinajstić information content (AvgIpc) is 3.62. The molecule has 2 N–H and O–H groups in total. The Hall–Kier alpha value is -4.58. The third-order valence-corrected chi connectivity index (χ3v) is 6.67. The first-order valence-corrected chi connectivity index (χ1v) is 11.5. The van der Waals surface area contributed by atoms with E-state index >= 15 is 0 Å². The van der Waals surface area contributed by atoms with Gasteiger partial charge in [0.25, 0.3) is 11.7 Å². The van der Waals surface area contributed by atoms with Gasteiger partial charge in [0.1, 0.15) is 17.6 Å². The smallest absolute Gasteiger partial charge is 0.295 e. The summed E-state index contributed by atoms with van der Waals surface area (Å²) in [5.74, 6) is -1.12. The molecular weight excluding hydrogens is 440 g/mol.